The predicted molar refractivity (Wildman–Crippen MR) is 61.8 cm³/mol. The number of carbonyl (C=O) groups is 2. The third kappa shape index (κ3) is 3.17. The van der Waals surface area contributed by atoms with Crippen molar-refractivity contribution in [3.63, 3.8) is 0 Å². The van der Waals surface area contributed by atoms with Gasteiger partial charge in [0.2, 0.25) is 0 Å². The normalized spacial score (nSPS) is 14.6. The second kappa shape index (κ2) is 5.80. The Morgan fingerprint density at radius 1 is 1.00 bits per heavy atom. The summed E-state index contributed by atoms with van der Waals surface area (Å²) in [6.07, 6.45) is 4.51. The van der Waals surface area contributed by atoms with Gasteiger partial charge in [0.1, 0.15) is 0 Å². The molecular weight excluding hydrogens is 215 g/mol. The van der Waals surface area contributed by atoms with Gasteiger partial charge in [-0.3, -0.25) is 0 Å². The molecule has 0 atom stereocenters. The molecule has 1 aliphatic rings. The number of rotatable bonds is 2. The quantitative estimate of drug-likeness (QED) is 0.428. The van der Waals surface area contributed by atoms with E-state index in [1.54, 1.807) is 12.2 Å². The van der Waals surface area contributed by atoms with Crippen LogP contribution in [0.4, 0.5) is 0 Å². The summed E-state index contributed by atoms with van der Waals surface area (Å²) in [6.45, 7) is 0. The molecule has 76 valence electrons. The van der Waals surface area contributed by atoms with Gasteiger partial charge in [0.05, 0.1) is 5.57 Å². The van der Waals surface area contributed by atoms with E-state index in [0.29, 0.717) is 0 Å². The van der Waals surface area contributed by atoms with Gasteiger partial charge in [-0.25, -0.2) is 9.59 Å². The molecular formula is C12H9NaO3. The summed E-state index contributed by atoms with van der Waals surface area (Å²) < 4.78 is 4.34. The van der Waals surface area contributed by atoms with E-state index < -0.39 is 11.9 Å². The van der Waals surface area contributed by atoms with Gasteiger partial charge < -0.3 is 4.74 Å². The molecule has 0 N–H and O–H groups in total. The Kier molecular flexibility index (Phi) is 4.68. The monoisotopic (exact) mass is 224 g/mol. The second-order valence-electron chi connectivity index (χ2n) is 3.05. The van der Waals surface area contributed by atoms with Gasteiger partial charge >= 0.3 is 41.5 Å². The zero-order chi connectivity index (χ0) is 10.7. The molecule has 0 amide bonds. The molecule has 0 bridgehead atoms. The molecule has 0 saturated carbocycles. The van der Waals surface area contributed by atoms with Crippen molar-refractivity contribution in [2.24, 2.45) is 0 Å². The van der Waals surface area contributed by atoms with Crippen LogP contribution in [0.5, 0.6) is 0 Å². The summed E-state index contributed by atoms with van der Waals surface area (Å²) in [7, 11) is 0. The zero-order valence-corrected chi connectivity index (χ0v) is 7.84. The minimum atomic E-state index is -0.604. The average molecular weight is 224 g/mol. The molecule has 0 spiro atoms. The maximum absolute atomic E-state index is 11.0. The number of hydrogen-bond acceptors (Lipinski definition) is 3. The number of benzene rings is 1. The topological polar surface area (TPSA) is 43.4 Å². The van der Waals surface area contributed by atoms with Crippen LogP contribution in [-0.4, -0.2) is 41.5 Å². The molecule has 0 unspecified atom stereocenters. The van der Waals surface area contributed by atoms with Crippen LogP contribution >= 0.6 is 0 Å². The molecule has 0 aliphatic carbocycles. The van der Waals surface area contributed by atoms with Gasteiger partial charge in [0.25, 0.3) is 0 Å². The van der Waals surface area contributed by atoms with Crippen LogP contribution in [0.2, 0.25) is 0 Å². The number of hydrogen-bond donors (Lipinski definition) is 0. The molecule has 3 nitrogen and oxygen atoms in total. The van der Waals surface area contributed by atoms with Gasteiger partial charge in [-0.1, -0.05) is 36.4 Å². The van der Waals surface area contributed by atoms with Crippen molar-refractivity contribution in [1.29, 1.82) is 0 Å². The fourth-order valence-corrected chi connectivity index (χ4v) is 1.23. The van der Waals surface area contributed by atoms with Crippen LogP contribution in [0, 0.1) is 0 Å². The summed E-state index contributed by atoms with van der Waals surface area (Å²) in [4.78, 5) is 21.8. The van der Waals surface area contributed by atoms with E-state index in [-0.39, 0.29) is 35.1 Å². The first-order valence-corrected chi connectivity index (χ1v) is 4.47. The van der Waals surface area contributed by atoms with Gasteiger partial charge in [-0.15, -0.1) is 0 Å². The molecule has 4 heteroatoms. The summed E-state index contributed by atoms with van der Waals surface area (Å²) in [5.41, 5.74) is 1.24. The number of ether oxygens (including phenoxy) is 1. The summed E-state index contributed by atoms with van der Waals surface area (Å²) in [6, 6.07) is 9.50. The fourth-order valence-electron chi connectivity index (χ4n) is 1.23. The van der Waals surface area contributed by atoms with Crippen molar-refractivity contribution in [2.75, 3.05) is 0 Å². The molecule has 1 aliphatic heterocycles. The van der Waals surface area contributed by atoms with Crippen molar-refractivity contribution >= 4 is 47.6 Å². The van der Waals surface area contributed by atoms with E-state index >= 15 is 0 Å². The molecule has 1 aromatic rings. The van der Waals surface area contributed by atoms with Crippen LogP contribution < -0.4 is 0 Å². The van der Waals surface area contributed by atoms with E-state index in [1.807, 2.05) is 30.3 Å². The van der Waals surface area contributed by atoms with Gasteiger partial charge in [0, 0.05) is 6.08 Å². The predicted octanol–water partition coefficient (Wildman–Crippen LogP) is 1.06. The van der Waals surface area contributed by atoms with E-state index in [9.17, 15) is 9.59 Å². The summed E-state index contributed by atoms with van der Waals surface area (Å²) in [5.74, 6) is -1.19. The Balaban J connectivity index is 0.00000128. The van der Waals surface area contributed by atoms with Crippen molar-refractivity contribution in [3.05, 3.63) is 53.6 Å². The summed E-state index contributed by atoms with van der Waals surface area (Å²) in [5, 5.41) is 0. The third-order valence-electron chi connectivity index (χ3n) is 1.96. The van der Waals surface area contributed by atoms with Gasteiger partial charge in [-0.2, -0.15) is 0 Å². The van der Waals surface area contributed by atoms with E-state index in [0.717, 1.165) is 5.56 Å². The molecule has 2 rings (SSSR count). The van der Waals surface area contributed by atoms with Crippen molar-refractivity contribution in [1.82, 2.24) is 0 Å². The number of cyclic esters (lactones) is 2. The Bertz CT molecular complexity index is 460. The average Bonchev–Trinajstić information content (AvgIpc) is 2.56. The Labute approximate surface area is 115 Å². The first kappa shape index (κ1) is 12.9. The maximum atomic E-state index is 11.0. The van der Waals surface area contributed by atoms with Gasteiger partial charge in [0.15, 0.2) is 0 Å². The number of esters is 2. The SMILES string of the molecule is O=C1C=C(C=Cc2ccccc2)C(=O)O1.[NaH]. The van der Waals surface area contributed by atoms with E-state index in [4.69, 9.17) is 0 Å². The van der Waals surface area contributed by atoms with Crippen molar-refractivity contribution in [3.8, 4) is 0 Å². The molecule has 1 heterocycles. The Morgan fingerprint density at radius 2 is 1.69 bits per heavy atom. The molecule has 0 aromatic heterocycles. The second-order valence-corrected chi connectivity index (χ2v) is 3.05. The van der Waals surface area contributed by atoms with Crippen LogP contribution in [0.3, 0.4) is 0 Å². The van der Waals surface area contributed by atoms with Crippen LogP contribution in [0.1, 0.15) is 5.56 Å². The van der Waals surface area contributed by atoms with Crippen molar-refractivity contribution in [2.45, 2.75) is 0 Å². The molecule has 0 radical (unpaired) electrons. The summed E-state index contributed by atoms with van der Waals surface area (Å²) >= 11 is 0. The Morgan fingerprint density at radius 3 is 2.25 bits per heavy atom. The first-order valence-electron chi connectivity index (χ1n) is 4.47. The van der Waals surface area contributed by atoms with E-state index in [2.05, 4.69) is 4.74 Å². The zero-order valence-electron chi connectivity index (χ0n) is 7.84. The molecule has 16 heavy (non-hydrogen) atoms. The van der Waals surface area contributed by atoms with Crippen molar-refractivity contribution < 1.29 is 14.3 Å². The first-order chi connectivity index (χ1) is 7.25. The van der Waals surface area contributed by atoms with Crippen LogP contribution in [-0.2, 0) is 14.3 Å². The molecule has 0 fully saturated rings. The van der Waals surface area contributed by atoms with E-state index in [1.165, 1.54) is 6.08 Å². The number of carbonyl (C=O) groups excluding carboxylic acids is 2. The minimum absolute atomic E-state index is 0. The third-order valence-corrected chi connectivity index (χ3v) is 1.96. The Hall–Kier alpha value is -1.16. The molecule has 1 aromatic carbocycles. The van der Waals surface area contributed by atoms with Gasteiger partial charge in [-0.05, 0) is 11.6 Å². The standard InChI is InChI=1S/C12H8O3.Na.H/c13-11-8-10(12(14)15-11)7-6-9-4-2-1-3-5-9;;/h1-8H;;. The fraction of sp³-hybridized carbons (Fsp3) is 0. The molecule has 0 saturated heterocycles. The van der Waals surface area contributed by atoms with Crippen LogP contribution in [0.15, 0.2) is 48.1 Å². The van der Waals surface area contributed by atoms with Crippen LogP contribution in [0.25, 0.3) is 6.08 Å².